The molecule has 0 fully saturated rings. The van der Waals surface area contributed by atoms with Crippen LogP contribution in [0.4, 0.5) is 0 Å². The minimum Gasteiger partial charge on any atom is -0.277 e. The maximum absolute atomic E-state index is 12.7. The number of thiazole rings is 1. The summed E-state index contributed by atoms with van der Waals surface area (Å²) >= 11 is 9.31. The largest absolute Gasteiger partial charge is 0.349 e. The van der Waals surface area contributed by atoms with Crippen LogP contribution >= 0.6 is 34.3 Å². The maximum atomic E-state index is 12.7. The van der Waals surface area contributed by atoms with E-state index in [1.165, 1.54) is 11.3 Å². The fraction of sp³-hybridized carbons (Fsp3) is 0.118. The Labute approximate surface area is 151 Å². The number of aromatic nitrogens is 3. The Morgan fingerprint density at radius 3 is 2.75 bits per heavy atom. The molecule has 1 aromatic carbocycles. The predicted octanol–water partition coefficient (Wildman–Crippen LogP) is 4.59. The average molecular weight is 374 g/mol. The summed E-state index contributed by atoms with van der Waals surface area (Å²) in [5.41, 5.74) is 2.03. The second-order valence-corrected chi connectivity index (χ2v) is 7.82. The van der Waals surface area contributed by atoms with Crippen molar-refractivity contribution in [3.63, 3.8) is 0 Å². The molecule has 7 heteroatoms. The first kappa shape index (κ1) is 15.5. The molecule has 0 aliphatic heterocycles. The molecule has 3 aromatic heterocycles. The first-order valence-electron chi connectivity index (χ1n) is 7.29. The van der Waals surface area contributed by atoms with Crippen LogP contribution in [0.1, 0.15) is 10.6 Å². The lowest BCUT2D eigenvalue weighted by molar-refractivity contribution is 0.768. The smallest absolute Gasteiger partial charge is 0.277 e. The van der Waals surface area contributed by atoms with Gasteiger partial charge in [0.15, 0.2) is 0 Å². The van der Waals surface area contributed by atoms with Gasteiger partial charge in [-0.25, -0.2) is 9.78 Å². The van der Waals surface area contributed by atoms with Crippen LogP contribution < -0.4 is 5.69 Å². The Balaban J connectivity index is 1.95. The van der Waals surface area contributed by atoms with Crippen molar-refractivity contribution >= 4 is 44.6 Å². The van der Waals surface area contributed by atoms with E-state index < -0.39 is 0 Å². The van der Waals surface area contributed by atoms with Gasteiger partial charge >= 0.3 is 5.69 Å². The highest BCUT2D eigenvalue weighted by molar-refractivity contribution is 7.18. The van der Waals surface area contributed by atoms with E-state index in [9.17, 15) is 4.79 Å². The molecule has 3 heterocycles. The molecule has 0 aliphatic carbocycles. The molecule has 4 aromatic rings. The van der Waals surface area contributed by atoms with Crippen LogP contribution in [0.15, 0.2) is 46.6 Å². The maximum Gasteiger partial charge on any atom is 0.349 e. The van der Waals surface area contributed by atoms with Gasteiger partial charge in [-0.15, -0.1) is 22.7 Å². The standard InChI is InChI=1S/C17H12ClN3OS2/c1-10-19-15-14(13-7-4-8-23-13)20-17(22)21(16(15)24-10)9-11-5-2-3-6-12(11)18/h2-8H,9H2,1H3. The molecular formula is C17H12ClN3OS2. The van der Waals surface area contributed by atoms with Gasteiger partial charge in [-0.3, -0.25) is 4.57 Å². The summed E-state index contributed by atoms with van der Waals surface area (Å²) in [5.74, 6) is 0. The molecule has 0 atom stereocenters. The zero-order valence-corrected chi connectivity index (χ0v) is 15.1. The third-order valence-electron chi connectivity index (χ3n) is 3.66. The lowest BCUT2D eigenvalue weighted by Gasteiger charge is -2.09. The van der Waals surface area contributed by atoms with Gasteiger partial charge in [0.2, 0.25) is 0 Å². The molecule has 0 radical (unpaired) electrons. The lowest BCUT2D eigenvalue weighted by atomic mass is 10.2. The summed E-state index contributed by atoms with van der Waals surface area (Å²) in [7, 11) is 0. The Hall–Kier alpha value is -2.02. The highest BCUT2D eigenvalue weighted by atomic mass is 35.5. The fourth-order valence-electron chi connectivity index (χ4n) is 2.57. The van der Waals surface area contributed by atoms with Gasteiger partial charge in [0.1, 0.15) is 16.0 Å². The summed E-state index contributed by atoms with van der Waals surface area (Å²) in [4.78, 5) is 23.4. The number of hydrogen-bond donors (Lipinski definition) is 0. The molecule has 0 saturated carbocycles. The molecular weight excluding hydrogens is 362 g/mol. The number of benzene rings is 1. The van der Waals surface area contributed by atoms with Gasteiger partial charge in [-0.05, 0) is 30.0 Å². The van der Waals surface area contributed by atoms with Gasteiger partial charge in [0, 0.05) is 5.02 Å². The normalized spacial score (nSPS) is 11.2. The zero-order chi connectivity index (χ0) is 16.7. The quantitative estimate of drug-likeness (QED) is 0.527. The van der Waals surface area contributed by atoms with Crippen molar-refractivity contribution < 1.29 is 0 Å². The Kier molecular flexibility index (Phi) is 3.96. The van der Waals surface area contributed by atoms with E-state index in [-0.39, 0.29) is 5.69 Å². The molecule has 120 valence electrons. The van der Waals surface area contributed by atoms with E-state index in [1.54, 1.807) is 15.9 Å². The summed E-state index contributed by atoms with van der Waals surface area (Å²) < 4.78 is 1.65. The topological polar surface area (TPSA) is 47.8 Å². The minimum absolute atomic E-state index is 0.283. The number of aryl methyl sites for hydroxylation is 1. The molecule has 0 amide bonds. The number of hydrogen-bond acceptors (Lipinski definition) is 5. The predicted molar refractivity (Wildman–Crippen MR) is 100 cm³/mol. The van der Waals surface area contributed by atoms with Crippen molar-refractivity contribution in [2.75, 3.05) is 0 Å². The first-order chi connectivity index (χ1) is 11.6. The average Bonchev–Trinajstić information content (AvgIpc) is 3.21. The summed E-state index contributed by atoms with van der Waals surface area (Å²) in [5, 5.41) is 3.52. The number of nitrogens with zero attached hydrogens (tertiary/aromatic N) is 3. The number of fused-ring (bicyclic) bond motifs is 1. The molecule has 24 heavy (non-hydrogen) atoms. The fourth-order valence-corrected chi connectivity index (χ4v) is 4.39. The molecule has 0 aliphatic rings. The van der Waals surface area contributed by atoms with Crippen molar-refractivity contribution in [1.82, 2.24) is 14.5 Å². The molecule has 4 nitrogen and oxygen atoms in total. The van der Waals surface area contributed by atoms with Crippen LogP contribution in [-0.2, 0) is 6.54 Å². The van der Waals surface area contributed by atoms with Crippen LogP contribution in [0.25, 0.3) is 20.9 Å². The van der Waals surface area contributed by atoms with Gasteiger partial charge in [0.25, 0.3) is 0 Å². The second-order valence-electron chi connectivity index (χ2n) is 5.28. The van der Waals surface area contributed by atoms with E-state index in [0.29, 0.717) is 17.3 Å². The monoisotopic (exact) mass is 373 g/mol. The third kappa shape index (κ3) is 2.66. The van der Waals surface area contributed by atoms with Gasteiger partial charge < -0.3 is 0 Å². The number of halogens is 1. The Bertz CT molecular complexity index is 1080. The molecule has 0 bridgehead atoms. The zero-order valence-electron chi connectivity index (χ0n) is 12.7. The Morgan fingerprint density at radius 2 is 2.00 bits per heavy atom. The van der Waals surface area contributed by atoms with Crippen LogP contribution in [0.2, 0.25) is 5.02 Å². The van der Waals surface area contributed by atoms with Crippen molar-refractivity contribution in [3.05, 3.63) is 67.9 Å². The van der Waals surface area contributed by atoms with E-state index in [4.69, 9.17) is 11.6 Å². The number of rotatable bonds is 3. The minimum atomic E-state index is -0.283. The van der Waals surface area contributed by atoms with Gasteiger partial charge in [-0.1, -0.05) is 35.9 Å². The summed E-state index contributed by atoms with van der Waals surface area (Å²) in [6.07, 6.45) is 0. The number of thiophene rings is 1. The summed E-state index contributed by atoms with van der Waals surface area (Å²) in [6.45, 7) is 2.32. The van der Waals surface area contributed by atoms with Crippen molar-refractivity contribution in [3.8, 4) is 10.6 Å². The lowest BCUT2D eigenvalue weighted by Crippen LogP contribution is -2.24. The van der Waals surface area contributed by atoms with Gasteiger partial charge in [-0.2, -0.15) is 4.98 Å². The second kappa shape index (κ2) is 6.12. The van der Waals surface area contributed by atoms with Crippen LogP contribution in [-0.4, -0.2) is 14.5 Å². The van der Waals surface area contributed by atoms with E-state index >= 15 is 0 Å². The molecule has 0 saturated heterocycles. The van der Waals surface area contributed by atoms with Crippen molar-refractivity contribution in [2.24, 2.45) is 0 Å². The highest BCUT2D eigenvalue weighted by Gasteiger charge is 2.17. The van der Waals surface area contributed by atoms with Crippen LogP contribution in [0, 0.1) is 6.92 Å². The first-order valence-corrected chi connectivity index (χ1v) is 9.36. The van der Waals surface area contributed by atoms with E-state index in [0.717, 1.165) is 25.8 Å². The third-order valence-corrected chi connectivity index (χ3v) is 5.90. The molecule has 4 rings (SSSR count). The Morgan fingerprint density at radius 1 is 1.17 bits per heavy atom. The van der Waals surface area contributed by atoms with Crippen LogP contribution in [0.5, 0.6) is 0 Å². The van der Waals surface area contributed by atoms with E-state index in [1.807, 2.05) is 48.7 Å². The highest BCUT2D eigenvalue weighted by Crippen LogP contribution is 2.31. The molecule has 0 N–H and O–H groups in total. The molecule has 0 spiro atoms. The van der Waals surface area contributed by atoms with E-state index in [2.05, 4.69) is 9.97 Å². The summed E-state index contributed by atoms with van der Waals surface area (Å²) in [6, 6.07) is 11.4. The van der Waals surface area contributed by atoms with Gasteiger partial charge in [0.05, 0.1) is 16.4 Å². The van der Waals surface area contributed by atoms with Crippen molar-refractivity contribution in [2.45, 2.75) is 13.5 Å². The van der Waals surface area contributed by atoms with Crippen LogP contribution in [0.3, 0.4) is 0 Å². The SMILES string of the molecule is Cc1nc2c(-c3cccs3)nc(=O)n(Cc3ccccc3Cl)c2s1. The van der Waals surface area contributed by atoms with Crippen molar-refractivity contribution in [1.29, 1.82) is 0 Å². The molecule has 0 unspecified atom stereocenters.